The van der Waals surface area contributed by atoms with E-state index in [2.05, 4.69) is 25.4 Å². The van der Waals surface area contributed by atoms with E-state index >= 15 is 0 Å². The summed E-state index contributed by atoms with van der Waals surface area (Å²) < 4.78 is 0. The lowest BCUT2D eigenvalue weighted by Gasteiger charge is -2.09. The maximum atomic E-state index is 7.62. The summed E-state index contributed by atoms with van der Waals surface area (Å²) in [4.78, 5) is 8.97. The van der Waals surface area contributed by atoms with Crippen molar-refractivity contribution in [2.75, 3.05) is 5.73 Å². The molecule has 2 aromatic rings. The Morgan fingerprint density at radius 3 is 2.69 bits per heavy atom. The topological polar surface area (TPSA) is 119 Å². The highest BCUT2D eigenvalue weighted by Gasteiger charge is 2.12. The van der Waals surface area contributed by atoms with Crippen LogP contribution in [0.4, 0.5) is 11.6 Å². The van der Waals surface area contributed by atoms with Gasteiger partial charge >= 0.3 is 0 Å². The SMILES string of the molecule is CC(C)n1nnc(-c2c([NH-])ncnc2N)n1. The van der Waals surface area contributed by atoms with Crippen molar-refractivity contribution in [2.24, 2.45) is 0 Å². The van der Waals surface area contributed by atoms with Crippen LogP contribution < -0.4 is 5.73 Å². The van der Waals surface area contributed by atoms with Gasteiger partial charge in [0.2, 0.25) is 5.82 Å². The van der Waals surface area contributed by atoms with E-state index in [1.807, 2.05) is 13.8 Å². The van der Waals surface area contributed by atoms with Gasteiger partial charge in [-0.2, -0.15) is 4.80 Å². The van der Waals surface area contributed by atoms with Crippen LogP contribution >= 0.6 is 0 Å². The minimum absolute atomic E-state index is 0.00388. The number of anilines is 1. The minimum atomic E-state index is -0.00388. The van der Waals surface area contributed by atoms with Crippen LogP contribution in [0.5, 0.6) is 0 Å². The number of tetrazole rings is 1. The Morgan fingerprint density at radius 2 is 2.12 bits per heavy atom. The van der Waals surface area contributed by atoms with Crippen molar-refractivity contribution in [3.8, 4) is 11.4 Å². The molecule has 2 aromatic heterocycles. The molecule has 3 N–H and O–H groups in total. The fraction of sp³-hybridized carbons (Fsp3) is 0.375. The molecular formula is C8H11N8-. The highest BCUT2D eigenvalue weighted by molar-refractivity contribution is 5.78. The Bertz CT molecular complexity index is 482. The van der Waals surface area contributed by atoms with Gasteiger partial charge in [0.25, 0.3) is 0 Å². The monoisotopic (exact) mass is 219 g/mol. The van der Waals surface area contributed by atoms with E-state index in [9.17, 15) is 0 Å². The molecule has 0 aliphatic heterocycles. The standard InChI is InChI=1S/C8H11N8/c1-4(2)16-14-8(13-15-16)5-6(9)11-3-12-7(5)10/h3-4H,1-2H3,(H3-,9,10,11,12)/q-1. The molecule has 0 aliphatic carbocycles. The second-order valence-electron chi connectivity index (χ2n) is 3.51. The van der Waals surface area contributed by atoms with Crippen molar-refractivity contribution in [3.05, 3.63) is 12.1 Å². The predicted molar refractivity (Wildman–Crippen MR) is 57.6 cm³/mol. The van der Waals surface area contributed by atoms with Crippen molar-refractivity contribution in [2.45, 2.75) is 19.9 Å². The van der Waals surface area contributed by atoms with E-state index in [1.165, 1.54) is 11.1 Å². The lowest BCUT2D eigenvalue weighted by molar-refractivity contribution is 0.455. The zero-order chi connectivity index (χ0) is 11.7. The van der Waals surface area contributed by atoms with E-state index in [4.69, 9.17) is 11.5 Å². The third-order valence-corrected chi connectivity index (χ3v) is 1.99. The Hall–Kier alpha value is -2.25. The highest BCUT2D eigenvalue weighted by atomic mass is 15.6. The molecule has 0 spiro atoms. The van der Waals surface area contributed by atoms with E-state index in [-0.39, 0.29) is 23.5 Å². The first-order chi connectivity index (χ1) is 7.59. The van der Waals surface area contributed by atoms with Crippen molar-refractivity contribution in [1.82, 2.24) is 30.2 Å². The Labute approximate surface area is 91.7 Å². The number of rotatable bonds is 2. The van der Waals surface area contributed by atoms with E-state index in [0.717, 1.165) is 0 Å². The number of hydrogen-bond acceptors (Lipinski definition) is 6. The summed E-state index contributed by atoms with van der Waals surface area (Å²) in [6.45, 7) is 3.86. The van der Waals surface area contributed by atoms with E-state index in [0.29, 0.717) is 5.56 Å². The molecule has 8 nitrogen and oxygen atoms in total. The number of nitrogens with zero attached hydrogens (tertiary/aromatic N) is 6. The van der Waals surface area contributed by atoms with Crippen LogP contribution in [0.3, 0.4) is 0 Å². The molecule has 84 valence electrons. The molecule has 0 radical (unpaired) electrons. The molecule has 0 unspecified atom stereocenters. The third-order valence-electron chi connectivity index (χ3n) is 1.99. The molecular weight excluding hydrogens is 208 g/mol. The van der Waals surface area contributed by atoms with Crippen molar-refractivity contribution < 1.29 is 0 Å². The van der Waals surface area contributed by atoms with Gasteiger partial charge in [-0.3, -0.25) is 0 Å². The van der Waals surface area contributed by atoms with Crippen LogP contribution in [0.25, 0.3) is 17.1 Å². The van der Waals surface area contributed by atoms with Gasteiger partial charge in [0.15, 0.2) is 0 Å². The van der Waals surface area contributed by atoms with Crippen LogP contribution in [0.15, 0.2) is 6.33 Å². The number of aromatic nitrogens is 6. The molecule has 0 saturated carbocycles. The lowest BCUT2D eigenvalue weighted by Crippen LogP contribution is -2.05. The molecule has 8 heteroatoms. The van der Waals surface area contributed by atoms with Crippen LogP contribution in [0.2, 0.25) is 0 Å². The Kier molecular flexibility index (Phi) is 2.39. The molecule has 0 bridgehead atoms. The quantitative estimate of drug-likeness (QED) is 0.803. The summed E-state index contributed by atoms with van der Waals surface area (Å²) in [6.07, 6.45) is 1.23. The third kappa shape index (κ3) is 1.64. The Balaban J connectivity index is 2.50. The van der Waals surface area contributed by atoms with Crippen LogP contribution in [0, 0.1) is 0 Å². The summed E-state index contributed by atoms with van der Waals surface area (Å²) in [7, 11) is 0. The fourth-order valence-electron chi connectivity index (χ4n) is 1.16. The predicted octanol–water partition coefficient (Wildman–Crippen LogP) is 0.977. The Morgan fingerprint density at radius 1 is 1.38 bits per heavy atom. The summed E-state index contributed by atoms with van der Waals surface area (Å²) in [6, 6.07) is 0.0984. The maximum absolute atomic E-state index is 7.62. The largest absolute Gasteiger partial charge is 0.481 e. The smallest absolute Gasteiger partial charge is 0.208 e. The van der Waals surface area contributed by atoms with Gasteiger partial charge in [-0.15, -0.1) is 10.2 Å². The van der Waals surface area contributed by atoms with Gasteiger partial charge in [0.05, 0.1) is 11.6 Å². The second-order valence-corrected chi connectivity index (χ2v) is 3.51. The van der Waals surface area contributed by atoms with Crippen molar-refractivity contribution >= 4 is 11.6 Å². The molecule has 0 aromatic carbocycles. The highest BCUT2D eigenvalue weighted by Crippen LogP contribution is 2.28. The molecule has 0 atom stereocenters. The number of hydrogen-bond donors (Lipinski definition) is 1. The molecule has 0 amide bonds. The normalized spacial score (nSPS) is 10.9. The van der Waals surface area contributed by atoms with E-state index < -0.39 is 0 Å². The molecule has 2 heterocycles. The average Bonchev–Trinajstić information content (AvgIpc) is 2.66. The van der Waals surface area contributed by atoms with Gasteiger partial charge in [-0.05, 0) is 24.9 Å². The van der Waals surface area contributed by atoms with Gasteiger partial charge in [0, 0.05) is 6.33 Å². The zero-order valence-electron chi connectivity index (χ0n) is 8.92. The second kappa shape index (κ2) is 3.72. The number of nitrogen functional groups attached to an aromatic ring is 1. The molecule has 0 fully saturated rings. The molecule has 0 saturated heterocycles. The zero-order valence-corrected chi connectivity index (χ0v) is 8.92. The molecule has 16 heavy (non-hydrogen) atoms. The fourth-order valence-corrected chi connectivity index (χ4v) is 1.16. The summed E-state index contributed by atoms with van der Waals surface area (Å²) >= 11 is 0. The van der Waals surface area contributed by atoms with Gasteiger partial charge < -0.3 is 16.5 Å². The van der Waals surface area contributed by atoms with Crippen molar-refractivity contribution in [1.29, 1.82) is 0 Å². The first-order valence-electron chi connectivity index (χ1n) is 4.71. The van der Waals surface area contributed by atoms with Gasteiger partial charge in [-0.25, -0.2) is 4.98 Å². The maximum Gasteiger partial charge on any atom is 0.208 e. The number of nitrogens with two attached hydrogens (primary N) is 1. The molecule has 2 rings (SSSR count). The van der Waals surface area contributed by atoms with Crippen LogP contribution in [-0.4, -0.2) is 30.2 Å². The first-order valence-corrected chi connectivity index (χ1v) is 4.71. The summed E-state index contributed by atoms with van der Waals surface area (Å²) in [5, 5.41) is 11.8. The van der Waals surface area contributed by atoms with E-state index in [1.54, 1.807) is 0 Å². The van der Waals surface area contributed by atoms with Gasteiger partial charge in [-0.1, -0.05) is 0 Å². The van der Waals surface area contributed by atoms with Gasteiger partial charge in [0.1, 0.15) is 5.82 Å². The first kappa shape index (κ1) is 10.3. The van der Waals surface area contributed by atoms with Crippen molar-refractivity contribution in [3.63, 3.8) is 0 Å². The van der Waals surface area contributed by atoms with Crippen LogP contribution in [0.1, 0.15) is 19.9 Å². The summed E-state index contributed by atoms with van der Waals surface area (Å²) in [5.74, 6) is 0.455. The molecule has 0 aliphatic rings. The minimum Gasteiger partial charge on any atom is -0.481 e. The average molecular weight is 219 g/mol. The lowest BCUT2D eigenvalue weighted by atomic mass is 10.2. The number of nitrogens with one attached hydrogen (secondary N) is 1. The van der Waals surface area contributed by atoms with Crippen LogP contribution in [-0.2, 0) is 0 Å². The summed E-state index contributed by atoms with van der Waals surface area (Å²) in [5.41, 5.74) is 13.6.